The van der Waals surface area contributed by atoms with Crippen LogP contribution in [0.4, 0.5) is 0 Å². The zero-order chi connectivity index (χ0) is 15.5. The van der Waals surface area contributed by atoms with Gasteiger partial charge >= 0.3 is 0 Å². The molecule has 0 spiro atoms. The van der Waals surface area contributed by atoms with Crippen molar-refractivity contribution in [3.05, 3.63) is 40.2 Å². The molecule has 1 fully saturated rings. The van der Waals surface area contributed by atoms with Crippen LogP contribution in [-0.4, -0.2) is 45.1 Å². The quantitative estimate of drug-likeness (QED) is 0.866. The van der Waals surface area contributed by atoms with Gasteiger partial charge in [0.05, 0.1) is 18.8 Å². The van der Waals surface area contributed by atoms with Crippen LogP contribution in [0, 0.1) is 6.92 Å². The molecular weight excluding hydrogens is 300 g/mol. The van der Waals surface area contributed by atoms with E-state index in [1.165, 1.54) is 11.5 Å². The summed E-state index contributed by atoms with van der Waals surface area (Å²) < 4.78 is 9.73. The van der Waals surface area contributed by atoms with Gasteiger partial charge in [-0.3, -0.25) is 9.78 Å². The van der Waals surface area contributed by atoms with E-state index in [4.69, 9.17) is 4.74 Å². The lowest BCUT2D eigenvalue weighted by Crippen LogP contribution is -2.42. The van der Waals surface area contributed by atoms with Crippen molar-refractivity contribution in [1.82, 2.24) is 19.5 Å². The molecule has 3 rings (SSSR count). The van der Waals surface area contributed by atoms with Crippen molar-refractivity contribution in [2.24, 2.45) is 0 Å². The van der Waals surface area contributed by atoms with Crippen LogP contribution in [0.3, 0.4) is 0 Å². The van der Waals surface area contributed by atoms with Crippen LogP contribution in [-0.2, 0) is 11.2 Å². The lowest BCUT2D eigenvalue weighted by Gasteiger charge is -2.33. The number of amides is 1. The molecule has 1 atom stereocenters. The molecule has 7 heteroatoms. The molecule has 1 aliphatic rings. The molecule has 1 saturated heterocycles. The Balaban J connectivity index is 1.77. The maximum Gasteiger partial charge on any atom is 0.267 e. The molecule has 0 aromatic carbocycles. The number of carbonyl (C=O) groups excluding carboxylic acids is 1. The second kappa shape index (κ2) is 6.50. The largest absolute Gasteiger partial charge is 0.370 e. The molecule has 22 heavy (non-hydrogen) atoms. The summed E-state index contributed by atoms with van der Waals surface area (Å²) in [6, 6.07) is 3.95. The van der Waals surface area contributed by atoms with Gasteiger partial charge in [-0.2, -0.15) is 0 Å². The molecule has 1 amide bonds. The van der Waals surface area contributed by atoms with Crippen LogP contribution in [0.15, 0.2) is 18.3 Å². The molecule has 0 N–H and O–H groups in total. The smallest absolute Gasteiger partial charge is 0.267 e. The number of pyridine rings is 1. The van der Waals surface area contributed by atoms with Crippen LogP contribution in [0.2, 0.25) is 0 Å². The lowest BCUT2D eigenvalue weighted by molar-refractivity contribution is -0.0227. The molecule has 6 nitrogen and oxygen atoms in total. The van der Waals surface area contributed by atoms with Gasteiger partial charge in [-0.25, -0.2) is 0 Å². The van der Waals surface area contributed by atoms with Gasteiger partial charge in [-0.1, -0.05) is 11.4 Å². The predicted molar refractivity (Wildman–Crippen MR) is 82.9 cm³/mol. The van der Waals surface area contributed by atoms with Crippen molar-refractivity contribution in [2.45, 2.75) is 26.4 Å². The Morgan fingerprint density at radius 1 is 1.55 bits per heavy atom. The second-order valence-corrected chi connectivity index (χ2v) is 6.00. The van der Waals surface area contributed by atoms with Crippen molar-refractivity contribution in [2.75, 3.05) is 19.7 Å². The second-order valence-electron chi connectivity index (χ2n) is 5.24. The van der Waals surface area contributed by atoms with Crippen molar-refractivity contribution < 1.29 is 9.53 Å². The third-order valence-corrected chi connectivity index (χ3v) is 4.49. The zero-order valence-electron chi connectivity index (χ0n) is 12.7. The fourth-order valence-electron chi connectivity index (χ4n) is 2.55. The molecular formula is C15H18N4O2S. The third-order valence-electron chi connectivity index (χ3n) is 3.73. The minimum absolute atomic E-state index is 0.00549. The predicted octanol–water partition coefficient (Wildman–Crippen LogP) is 2.02. The highest BCUT2D eigenvalue weighted by Gasteiger charge is 2.28. The topological polar surface area (TPSA) is 68.2 Å². The molecule has 2 aromatic rings. The standard InChI is InChI=1S/C15H18N4O2S/c1-3-12-14(22-18-17-12)15(20)19-6-7-21-13(9-19)11-4-5-16-10(2)8-11/h4-5,8,13H,3,6-7,9H2,1-2H3/t13-/m1/s1. The van der Waals surface area contributed by atoms with Gasteiger partial charge in [-0.15, -0.1) is 5.10 Å². The van der Waals surface area contributed by atoms with Gasteiger partial charge in [0.2, 0.25) is 0 Å². The van der Waals surface area contributed by atoms with Crippen molar-refractivity contribution in [3.63, 3.8) is 0 Å². The van der Waals surface area contributed by atoms with E-state index in [1.807, 2.05) is 30.9 Å². The Morgan fingerprint density at radius 2 is 2.41 bits per heavy atom. The van der Waals surface area contributed by atoms with Crippen LogP contribution < -0.4 is 0 Å². The Morgan fingerprint density at radius 3 is 3.18 bits per heavy atom. The van der Waals surface area contributed by atoms with Crippen molar-refractivity contribution >= 4 is 17.4 Å². The molecule has 0 unspecified atom stereocenters. The number of hydrogen-bond donors (Lipinski definition) is 0. The molecule has 1 aliphatic heterocycles. The highest BCUT2D eigenvalue weighted by atomic mass is 32.1. The number of ether oxygens (including phenoxy) is 1. The summed E-state index contributed by atoms with van der Waals surface area (Å²) in [6.07, 6.45) is 2.39. The molecule has 0 radical (unpaired) electrons. The normalized spacial score (nSPS) is 18.5. The SMILES string of the molecule is CCc1nnsc1C(=O)N1CCO[C@@H](c2ccnc(C)c2)C1. The summed E-state index contributed by atoms with van der Waals surface area (Å²) in [5.74, 6) is 0.00549. The first-order valence-electron chi connectivity index (χ1n) is 7.33. The highest BCUT2D eigenvalue weighted by molar-refractivity contribution is 7.08. The molecule has 3 heterocycles. The first-order valence-corrected chi connectivity index (χ1v) is 8.11. The van der Waals surface area contributed by atoms with E-state index in [0.717, 1.165) is 23.4 Å². The number of nitrogens with zero attached hydrogens (tertiary/aromatic N) is 4. The fourth-order valence-corrected chi connectivity index (χ4v) is 3.27. The number of aryl methyl sites for hydroxylation is 2. The molecule has 116 valence electrons. The third kappa shape index (κ3) is 3.00. The highest BCUT2D eigenvalue weighted by Crippen LogP contribution is 2.24. The zero-order valence-corrected chi connectivity index (χ0v) is 13.5. The average Bonchev–Trinajstić information content (AvgIpc) is 3.03. The van der Waals surface area contributed by atoms with Crippen molar-refractivity contribution in [3.8, 4) is 0 Å². The molecule has 0 aliphatic carbocycles. The number of aromatic nitrogens is 3. The van der Waals surface area contributed by atoms with Crippen molar-refractivity contribution in [1.29, 1.82) is 0 Å². The molecule has 2 aromatic heterocycles. The Kier molecular flexibility index (Phi) is 4.44. The van der Waals surface area contributed by atoms with E-state index >= 15 is 0 Å². The monoisotopic (exact) mass is 318 g/mol. The van der Waals surface area contributed by atoms with Crippen LogP contribution in [0.5, 0.6) is 0 Å². The number of hydrogen-bond acceptors (Lipinski definition) is 6. The molecule has 0 saturated carbocycles. The van der Waals surface area contributed by atoms with E-state index in [9.17, 15) is 4.79 Å². The fraction of sp³-hybridized carbons (Fsp3) is 0.467. The number of morpholine rings is 1. The van der Waals surface area contributed by atoms with Gasteiger partial charge in [0.15, 0.2) is 0 Å². The van der Waals surface area contributed by atoms with Gasteiger partial charge in [0.25, 0.3) is 5.91 Å². The van der Waals surface area contributed by atoms with Crippen LogP contribution in [0.25, 0.3) is 0 Å². The summed E-state index contributed by atoms with van der Waals surface area (Å²) in [4.78, 5) is 19.4. The Hall–Kier alpha value is -1.86. The van der Waals surface area contributed by atoms with E-state index < -0.39 is 0 Å². The maximum absolute atomic E-state index is 12.7. The van der Waals surface area contributed by atoms with Gasteiger partial charge in [0.1, 0.15) is 11.0 Å². The first kappa shape index (κ1) is 15.1. The first-order chi connectivity index (χ1) is 10.7. The van der Waals surface area contributed by atoms with Gasteiger partial charge < -0.3 is 9.64 Å². The van der Waals surface area contributed by atoms with E-state index in [0.29, 0.717) is 24.6 Å². The Bertz CT molecular complexity index is 673. The maximum atomic E-state index is 12.7. The van der Waals surface area contributed by atoms with Gasteiger partial charge in [-0.05, 0) is 42.6 Å². The molecule has 0 bridgehead atoms. The van der Waals surface area contributed by atoms with E-state index in [-0.39, 0.29) is 12.0 Å². The van der Waals surface area contributed by atoms with E-state index in [1.54, 1.807) is 6.20 Å². The minimum Gasteiger partial charge on any atom is -0.370 e. The summed E-state index contributed by atoms with van der Waals surface area (Å²) in [7, 11) is 0. The van der Waals surface area contributed by atoms with Crippen LogP contribution >= 0.6 is 11.5 Å². The Labute approximate surface area is 133 Å². The van der Waals surface area contributed by atoms with Gasteiger partial charge in [0, 0.05) is 18.4 Å². The van der Waals surface area contributed by atoms with Crippen LogP contribution in [0.1, 0.15) is 39.7 Å². The summed E-state index contributed by atoms with van der Waals surface area (Å²) in [6.45, 7) is 5.61. The summed E-state index contributed by atoms with van der Waals surface area (Å²) in [5.41, 5.74) is 2.78. The lowest BCUT2D eigenvalue weighted by atomic mass is 10.1. The minimum atomic E-state index is -0.106. The number of carbonyl (C=O) groups is 1. The number of rotatable bonds is 3. The summed E-state index contributed by atoms with van der Waals surface area (Å²) in [5, 5.41) is 4.02. The summed E-state index contributed by atoms with van der Waals surface area (Å²) >= 11 is 1.17. The van der Waals surface area contributed by atoms with E-state index in [2.05, 4.69) is 14.6 Å². The average molecular weight is 318 g/mol.